The van der Waals surface area contributed by atoms with Crippen LogP contribution in [0.25, 0.3) is 0 Å². The Bertz CT molecular complexity index is 717. The Morgan fingerprint density at radius 1 is 1.18 bits per heavy atom. The van der Waals surface area contributed by atoms with Crippen LogP contribution < -0.4 is 10.9 Å². The van der Waals surface area contributed by atoms with E-state index in [0.717, 1.165) is 5.56 Å². The van der Waals surface area contributed by atoms with Gasteiger partial charge in [0.2, 0.25) is 0 Å². The molecule has 2 rings (SSSR count). The molecule has 0 aliphatic rings. The van der Waals surface area contributed by atoms with Gasteiger partial charge in [0.05, 0.1) is 0 Å². The maximum absolute atomic E-state index is 12.3. The summed E-state index contributed by atoms with van der Waals surface area (Å²) in [5.41, 5.74) is 1.14. The molecule has 0 fully saturated rings. The standard InChI is InChI=1S/C18H22N2O2/c1-13(18(2,3)15-8-6-5-7-9-15)19-17(22)14-10-11-20(4)16(21)12-14/h5-13H,1-4H3,(H,19,22)/t13-/m0/s1. The first-order chi connectivity index (χ1) is 10.3. The molecule has 1 aromatic carbocycles. The molecule has 0 aliphatic carbocycles. The van der Waals surface area contributed by atoms with Gasteiger partial charge in [-0.15, -0.1) is 0 Å². The summed E-state index contributed by atoms with van der Waals surface area (Å²) in [4.78, 5) is 24.0. The van der Waals surface area contributed by atoms with Crippen LogP contribution in [0, 0.1) is 0 Å². The molecule has 0 spiro atoms. The molecule has 1 atom stereocenters. The largest absolute Gasteiger partial charge is 0.349 e. The normalized spacial score (nSPS) is 12.7. The molecule has 1 heterocycles. The van der Waals surface area contributed by atoms with Crippen LogP contribution in [0.2, 0.25) is 0 Å². The Labute approximate surface area is 130 Å². The number of carbonyl (C=O) groups excluding carboxylic acids is 1. The van der Waals surface area contributed by atoms with Crippen LogP contribution in [0.5, 0.6) is 0 Å². The molecule has 1 N–H and O–H groups in total. The molecule has 22 heavy (non-hydrogen) atoms. The van der Waals surface area contributed by atoms with Crippen molar-refractivity contribution < 1.29 is 4.79 Å². The number of aromatic nitrogens is 1. The van der Waals surface area contributed by atoms with E-state index < -0.39 is 0 Å². The zero-order valence-corrected chi connectivity index (χ0v) is 13.5. The van der Waals surface area contributed by atoms with E-state index in [1.54, 1.807) is 19.3 Å². The number of hydrogen-bond acceptors (Lipinski definition) is 2. The third-order valence-electron chi connectivity index (χ3n) is 4.31. The Morgan fingerprint density at radius 3 is 2.41 bits per heavy atom. The average Bonchev–Trinajstić information content (AvgIpc) is 2.50. The third kappa shape index (κ3) is 3.27. The summed E-state index contributed by atoms with van der Waals surface area (Å²) in [5.74, 6) is -0.228. The van der Waals surface area contributed by atoms with Crippen molar-refractivity contribution in [2.75, 3.05) is 0 Å². The highest BCUT2D eigenvalue weighted by molar-refractivity contribution is 5.94. The first-order valence-corrected chi connectivity index (χ1v) is 7.35. The summed E-state index contributed by atoms with van der Waals surface area (Å²) in [6, 6.07) is 13.0. The summed E-state index contributed by atoms with van der Waals surface area (Å²) in [6.45, 7) is 6.17. The van der Waals surface area contributed by atoms with Gasteiger partial charge in [-0.2, -0.15) is 0 Å². The van der Waals surface area contributed by atoms with Crippen molar-refractivity contribution in [1.29, 1.82) is 0 Å². The fraction of sp³-hybridized carbons (Fsp3) is 0.333. The Balaban J connectivity index is 2.17. The SMILES string of the molecule is C[C@H](NC(=O)c1ccn(C)c(=O)c1)C(C)(C)c1ccccc1. The number of amides is 1. The van der Waals surface area contributed by atoms with Crippen molar-refractivity contribution >= 4 is 5.91 Å². The smallest absolute Gasteiger partial charge is 0.251 e. The van der Waals surface area contributed by atoms with Crippen LogP contribution in [0.1, 0.15) is 36.7 Å². The van der Waals surface area contributed by atoms with Gasteiger partial charge in [0.15, 0.2) is 0 Å². The highest BCUT2D eigenvalue weighted by Gasteiger charge is 2.29. The van der Waals surface area contributed by atoms with Gasteiger partial charge in [-0.1, -0.05) is 44.2 Å². The molecule has 0 saturated carbocycles. The molecule has 2 aromatic rings. The van der Waals surface area contributed by atoms with Crippen molar-refractivity contribution in [3.05, 3.63) is 70.1 Å². The third-order valence-corrected chi connectivity index (χ3v) is 4.31. The predicted molar refractivity (Wildman–Crippen MR) is 88.1 cm³/mol. The summed E-state index contributed by atoms with van der Waals surface area (Å²) in [5, 5.41) is 2.99. The summed E-state index contributed by atoms with van der Waals surface area (Å²) < 4.78 is 1.44. The predicted octanol–water partition coefficient (Wildman–Crippen LogP) is 2.48. The summed E-state index contributed by atoms with van der Waals surface area (Å²) >= 11 is 0. The number of carbonyl (C=O) groups is 1. The molecule has 116 valence electrons. The second kappa shape index (κ2) is 6.18. The quantitative estimate of drug-likeness (QED) is 0.943. The van der Waals surface area contributed by atoms with Crippen molar-refractivity contribution in [2.24, 2.45) is 7.05 Å². The van der Waals surface area contributed by atoms with E-state index in [4.69, 9.17) is 0 Å². The minimum atomic E-state index is -0.228. The van der Waals surface area contributed by atoms with E-state index in [-0.39, 0.29) is 22.9 Å². The van der Waals surface area contributed by atoms with Gasteiger partial charge in [0, 0.05) is 36.3 Å². The van der Waals surface area contributed by atoms with Crippen molar-refractivity contribution in [3.63, 3.8) is 0 Å². The minimum absolute atomic E-state index is 0.0774. The molecular formula is C18H22N2O2. The van der Waals surface area contributed by atoms with Crippen LogP contribution in [0.3, 0.4) is 0 Å². The van der Waals surface area contributed by atoms with Crippen molar-refractivity contribution in [3.8, 4) is 0 Å². The van der Waals surface area contributed by atoms with E-state index in [1.807, 2.05) is 25.1 Å². The molecule has 1 amide bonds. The number of pyridine rings is 1. The number of rotatable bonds is 4. The Kier molecular flexibility index (Phi) is 4.50. The Morgan fingerprint density at radius 2 is 1.82 bits per heavy atom. The number of nitrogens with one attached hydrogen (secondary N) is 1. The van der Waals surface area contributed by atoms with Gasteiger partial charge in [-0.3, -0.25) is 9.59 Å². The molecule has 4 nitrogen and oxygen atoms in total. The van der Waals surface area contributed by atoms with Crippen molar-refractivity contribution in [1.82, 2.24) is 9.88 Å². The van der Waals surface area contributed by atoms with Gasteiger partial charge in [-0.25, -0.2) is 0 Å². The average molecular weight is 298 g/mol. The van der Waals surface area contributed by atoms with Gasteiger partial charge < -0.3 is 9.88 Å². The first kappa shape index (κ1) is 16.0. The van der Waals surface area contributed by atoms with Gasteiger partial charge in [0.1, 0.15) is 0 Å². The van der Waals surface area contributed by atoms with Crippen molar-refractivity contribution in [2.45, 2.75) is 32.2 Å². The number of hydrogen-bond donors (Lipinski definition) is 1. The van der Waals surface area contributed by atoms with E-state index in [2.05, 4.69) is 31.3 Å². The number of nitrogens with zero attached hydrogens (tertiary/aromatic N) is 1. The van der Waals surface area contributed by atoms with Gasteiger partial charge in [0.25, 0.3) is 11.5 Å². The number of aryl methyl sites for hydroxylation is 1. The lowest BCUT2D eigenvalue weighted by Crippen LogP contribution is -2.45. The zero-order valence-electron chi connectivity index (χ0n) is 13.5. The van der Waals surface area contributed by atoms with Gasteiger partial charge in [-0.05, 0) is 18.6 Å². The topological polar surface area (TPSA) is 51.1 Å². The fourth-order valence-corrected chi connectivity index (χ4v) is 2.27. The lowest BCUT2D eigenvalue weighted by molar-refractivity contribution is 0.0923. The molecule has 0 saturated heterocycles. The van der Waals surface area contributed by atoms with Crippen LogP contribution >= 0.6 is 0 Å². The molecule has 0 bridgehead atoms. The van der Waals surface area contributed by atoms with Crippen LogP contribution in [0.4, 0.5) is 0 Å². The van der Waals surface area contributed by atoms with Crippen LogP contribution in [-0.2, 0) is 12.5 Å². The molecule has 0 aliphatic heterocycles. The highest BCUT2D eigenvalue weighted by Crippen LogP contribution is 2.26. The lowest BCUT2D eigenvalue weighted by atomic mass is 9.78. The van der Waals surface area contributed by atoms with E-state index >= 15 is 0 Å². The van der Waals surface area contributed by atoms with Gasteiger partial charge >= 0.3 is 0 Å². The van der Waals surface area contributed by atoms with E-state index in [0.29, 0.717) is 5.56 Å². The second-order valence-corrected chi connectivity index (χ2v) is 6.15. The fourth-order valence-electron chi connectivity index (χ4n) is 2.27. The molecule has 1 aromatic heterocycles. The van der Waals surface area contributed by atoms with E-state index in [9.17, 15) is 9.59 Å². The maximum atomic E-state index is 12.3. The summed E-state index contributed by atoms with van der Waals surface area (Å²) in [7, 11) is 1.66. The monoisotopic (exact) mass is 298 g/mol. The first-order valence-electron chi connectivity index (χ1n) is 7.35. The molecule has 0 unspecified atom stereocenters. The lowest BCUT2D eigenvalue weighted by Gasteiger charge is -2.33. The second-order valence-electron chi connectivity index (χ2n) is 6.15. The van der Waals surface area contributed by atoms with E-state index in [1.165, 1.54) is 10.6 Å². The Hall–Kier alpha value is -2.36. The molecule has 0 radical (unpaired) electrons. The minimum Gasteiger partial charge on any atom is -0.349 e. The molecular weight excluding hydrogens is 276 g/mol. The maximum Gasteiger partial charge on any atom is 0.251 e. The van der Waals surface area contributed by atoms with Crippen LogP contribution in [0.15, 0.2) is 53.5 Å². The van der Waals surface area contributed by atoms with Crippen LogP contribution in [-0.4, -0.2) is 16.5 Å². The zero-order chi connectivity index (χ0) is 16.3. The molecule has 4 heteroatoms. The number of benzene rings is 1. The summed E-state index contributed by atoms with van der Waals surface area (Å²) in [6.07, 6.45) is 1.60. The highest BCUT2D eigenvalue weighted by atomic mass is 16.2.